The SMILES string of the molecule is CCCC[C@@H]1CC(=O)OCCCCCCCc2ccccc2O[C@@H]2C[C@@H](C(=O)O)N(C2)C1=O. The van der Waals surface area contributed by atoms with Gasteiger partial charge in [-0.25, -0.2) is 4.79 Å². The largest absolute Gasteiger partial charge is 0.488 e. The van der Waals surface area contributed by atoms with E-state index in [0.717, 1.165) is 62.7 Å². The summed E-state index contributed by atoms with van der Waals surface area (Å²) in [5.74, 6) is -1.49. The van der Waals surface area contributed by atoms with Crippen molar-refractivity contribution in [1.82, 2.24) is 4.90 Å². The lowest BCUT2D eigenvalue weighted by Gasteiger charge is -2.26. The smallest absolute Gasteiger partial charge is 0.326 e. The Morgan fingerprint density at radius 1 is 1.12 bits per heavy atom. The lowest BCUT2D eigenvalue weighted by Crippen LogP contribution is -2.44. The van der Waals surface area contributed by atoms with Crippen molar-refractivity contribution in [2.24, 2.45) is 5.92 Å². The van der Waals surface area contributed by atoms with Crippen LogP contribution >= 0.6 is 0 Å². The summed E-state index contributed by atoms with van der Waals surface area (Å²) in [6.07, 6.45) is 7.98. The van der Waals surface area contributed by atoms with Crippen LogP contribution < -0.4 is 4.74 Å². The van der Waals surface area contributed by atoms with E-state index < -0.39 is 24.0 Å². The van der Waals surface area contributed by atoms with Gasteiger partial charge in [-0.1, -0.05) is 57.2 Å². The van der Waals surface area contributed by atoms with Gasteiger partial charge in [-0.2, -0.15) is 0 Å². The monoisotopic (exact) mass is 459 g/mol. The van der Waals surface area contributed by atoms with E-state index in [0.29, 0.717) is 13.0 Å². The molecule has 2 aliphatic heterocycles. The van der Waals surface area contributed by atoms with E-state index in [1.165, 1.54) is 4.90 Å². The number of rotatable bonds is 4. The predicted octanol–water partition coefficient (Wildman–Crippen LogP) is 4.37. The van der Waals surface area contributed by atoms with Crippen LogP contribution in [0.25, 0.3) is 0 Å². The maximum absolute atomic E-state index is 13.4. The minimum absolute atomic E-state index is 0.00394. The number of fused-ring (bicyclic) bond motifs is 3. The molecule has 0 aliphatic carbocycles. The third kappa shape index (κ3) is 7.21. The van der Waals surface area contributed by atoms with Crippen LogP contribution in [0.2, 0.25) is 0 Å². The van der Waals surface area contributed by atoms with Gasteiger partial charge in [0.2, 0.25) is 5.91 Å². The van der Waals surface area contributed by atoms with Gasteiger partial charge in [-0.05, 0) is 37.3 Å². The zero-order chi connectivity index (χ0) is 23.6. The number of carboxylic acids is 1. The molecule has 1 N–H and O–H groups in total. The van der Waals surface area contributed by atoms with Crippen LogP contribution in [0.1, 0.15) is 76.7 Å². The number of unbranched alkanes of at least 4 members (excludes halogenated alkanes) is 1. The number of carbonyl (C=O) groups excluding carboxylic acids is 2. The number of para-hydroxylation sites is 1. The molecule has 0 radical (unpaired) electrons. The number of hydrogen-bond acceptors (Lipinski definition) is 5. The number of nitrogens with zero attached hydrogens (tertiary/aromatic N) is 1. The molecule has 0 spiro atoms. The first-order valence-electron chi connectivity index (χ1n) is 12.4. The number of aliphatic carboxylic acids is 1. The molecule has 0 saturated carbocycles. The average Bonchev–Trinajstić information content (AvgIpc) is 3.22. The van der Waals surface area contributed by atoms with Gasteiger partial charge in [-0.3, -0.25) is 9.59 Å². The molecule has 2 bridgehead atoms. The van der Waals surface area contributed by atoms with Gasteiger partial charge in [0.15, 0.2) is 0 Å². The Labute approximate surface area is 196 Å². The van der Waals surface area contributed by atoms with Crippen molar-refractivity contribution in [3.8, 4) is 5.75 Å². The molecular formula is C26H37NO6. The highest BCUT2D eigenvalue weighted by molar-refractivity contribution is 5.88. The van der Waals surface area contributed by atoms with Crippen LogP contribution in [0.4, 0.5) is 0 Å². The van der Waals surface area contributed by atoms with Crippen LogP contribution in [0.3, 0.4) is 0 Å². The van der Waals surface area contributed by atoms with E-state index in [-0.39, 0.29) is 31.3 Å². The highest BCUT2D eigenvalue weighted by atomic mass is 16.5. The molecule has 1 saturated heterocycles. The second-order valence-electron chi connectivity index (χ2n) is 9.21. The molecule has 1 aromatic rings. The maximum atomic E-state index is 13.4. The Bertz CT molecular complexity index is 810. The summed E-state index contributed by atoms with van der Waals surface area (Å²) in [4.78, 5) is 39.2. The molecule has 182 valence electrons. The number of aryl methyl sites for hydroxylation is 1. The minimum Gasteiger partial charge on any atom is -0.488 e. The molecule has 0 aromatic heterocycles. The summed E-state index contributed by atoms with van der Waals surface area (Å²) >= 11 is 0. The van der Waals surface area contributed by atoms with Gasteiger partial charge in [0.05, 0.1) is 19.6 Å². The number of esters is 1. The van der Waals surface area contributed by atoms with Gasteiger partial charge in [0, 0.05) is 12.3 Å². The van der Waals surface area contributed by atoms with E-state index in [4.69, 9.17) is 9.47 Å². The van der Waals surface area contributed by atoms with Gasteiger partial charge in [0.1, 0.15) is 17.9 Å². The van der Waals surface area contributed by atoms with Crippen molar-refractivity contribution in [2.45, 2.75) is 89.7 Å². The van der Waals surface area contributed by atoms with E-state index in [2.05, 4.69) is 6.07 Å². The average molecular weight is 460 g/mol. The summed E-state index contributed by atoms with van der Waals surface area (Å²) in [6.45, 7) is 2.61. The molecule has 33 heavy (non-hydrogen) atoms. The lowest BCUT2D eigenvalue weighted by atomic mass is 9.96. The summed E-state index contributed by atoms with van der Waals surface area (Å²) in [7, 11) is 0. The maximum Gasteiger partial charge on any atom is 0.326 e. The zero-order valence-electron chi connectivity index (χ0n) is 19.7. The highest BCUT2D eigenvalue weighted by Gasteiger charge is 2.43. The lowest BCUT2D eigenvalue weighted by molar-refractivity contribution is -0.153. The van der Waals surface area contributed by atoms with Crippen molar-refractivity contribution in [3.63, 3.8) is 0 Å². The van der Waals surface area contributed by atoms with Gasteiger partial charge in [0.25, 0.3) is 0 Å². The number of amides is 1. The third-order valence-corrected chi connectivity index (χ3v) is 6.62. The number of carboxylic acid groups (broad SMARTS) is 1. The molecule has 2 aliphatic rings. The van der Waals surface area contributed by atoms with Gasteiger partial charge in [-0.15, -0.1) is 0 Å². The van der Waals surface area contributed by atoms with E-state index in [9.17, 15) is 19.5 Å². The van der Waals surface area contributed by atoms with Crippen LogP contribution in [-0.4, -0.2) is 53.1 Å². The van der Waals surface area contributed by atoms with Crippen LogP contribution in [0.5, 0.6) is 5.75 Å². The molecule has 3 atom stereocenters. The molecule has 7 nitrogen and oxygen atoms in total. The van der Waals surface area contributed by atoms with Crippen LogP contribution in [0, 0.1) is 5.92 Å². The quantitative estimate of drug-likeness (QED) is 0.672. The van der Waals surface area contributed by atoms with Crippen molar-refractivity contribution in [1.29, 1.82) is 0 Å². The first kappa shape index (κ1) is 25.1. The Morgan fingerprint density at radius 3 is 2.67 bits per heavy atom. The Morgan fingerprint density at radius 2 is 1.88 bits per heavy atom. The molecular weight excluding hydrogens is 422 g/mol. The highest BCUT2D eigenvalue weighted by Crippen LogP contribution is 2.29. The number of benzene rings is 1. The third-order valence-electron chi connectivity index (χ3n) is 6.62. The molecule has 0 unspecified atom stereocenters. The fraction of sp³-hybridized carbons (Fsp3) is 0.654. The molecule has 7 heteroatoms. The second-order valence-corrected chi connectivity index (χ2v) is 9.21. The van der Waals surface area contributed by atoms with Gasteiger partial charge < -0.3 is 19.5 Å². The van der Waals surface area contributed by atoms with E-state index >= 15 is 0 Å². The zero-order valence-corrected chi connectivity index (χ0v) is 19.7. The van der Waals surface area contributed by atoms with Crippen LogP contribution in [0.15, 0.2) is 24.3 Å². The van der Waals surface area contributed by atoms with E-state index in [1.807, 2.05) is 25.1 Å². The first-order chi connectivity index (χ1) is 16.0. The predicted molar refractivity (Wildman–Crippen MR) is 124 cm³/mol. The van der Waals surface area contributed by atoms with Crippen molar-refractivity contribution in [2.75, 3.05) is 13.2 Å². The normalized spacial score (nSPS) is 25.4. The van der Waals surface area contributed by atoms with Crippen molar-refractivity contribution in [3.05, 3.63) is 29.8 Å². The fourth-order valence-corrected chi connectivity index (χ4v) is 4.76. The Kier molecular flexibility index (Phi) is 9.58. The topological polar surface area (TPSA) is 93.1 Å². The van der Waals surface area contributed by atoms with E-state index in [1.54, 1.807) is 0 Å². The summed E-state index contributed by atoms with van der Waals surface area (Å²) in [6, 6.07) is 6.95. The molecule has 1 amide bonds. The first-order valence-corrected chi connectivity index (χ1v) is 12.4. The summed E-state index contributed by atoms with van der Waals surface area (Å²) in [5.41, 5.74) is 1.12. The number of hydrogen-bond donors (Lipinski definition) is 1. The summed E-state index contributed by atoms with van der Waals surface area (Å²) in [5, 5.41) is 9.81. The number of cyclic esters (lactones) is 1. The number of carbonyl (C=O) groups is 3. The summed E-state index contributed by atoms with van der Waals surface area (Å²) < 4.78 is 11.6. The van der Waals surface area contributed by atoms with Crippen molar-refractivity contribution >= 4 is 17.8 Å². The number of ether oxygens (including phenoxy) is 2. The molecule has 2 heterocycles. The second kappa shape index (κ2) is 12.6. The molecule has 1 aromatic carbocycles. The van der Waals surface area contributed by atoms with Crippen LogP contribution in [-0.2, 0) is 25.5 Å². The molecule has 1 fully saturated rings. The molecule has 3 rings (SSSR count). The standard InChI is InChI=1S/C26H37NO6/c1-2-3-11-20-16-24(28)32-15-10-6-4-5-7-12-19-13-8-9-14-23(19)33-21-17-22(26(30)31)27(18-21)25(20)29/h8-9,13-14,20-22H,2-7,10-12,15-18H2,1H3,(H,30,31)/t20-,21-,22+/m1/s1. The fourth-order valence-electron chi connectivity index (χ4n) is 4.76. The Balaban J connectivity index is 1.82. The van der Waals surface area contributed by atoms with Crippen molar-refractivity contribution < 1.29 is 29.0 Å². The minimum atomic E-state index is -1.04. The van der Waals surface area contributed by atoms with Gasteiger partial charge >= 0.3 is 11.9 Å². The Hall–Kier alpha value is -2.57.